The number of methoxy groups -OCH3 is 1. The van der Waals surface area contributed by atoms with Crippen LogP contribution >= 0.6 is 27.3 Å². The van der Waals surface area contributed by atoms with Crippen LogP contribution < -0.4 is 0 Å². The number of hydrogen-bond acceptors (Lipinski definition) is 3. The van der Waals surface area contributed by atoms with Crippen LogP contribution in [0.1, 0.15) is 4.88 Å². The van der Waals surface area contributed by atoms with E-state index < -0.39 is 0 Å². The van der Waals surface area contributed by atoms with Crippen LogP contribution in [0.3, 0.4) is 0 Å². The largest absolute Gasteiger partial charge is 0.469 e. The Bertz CT molecular complexity index is 504. The number of rotatable bonds is 2. The molecule has 1 aromatic carbocycles. The van der Waals surface area contributed by atoms with Gasteiger partial charge in [0.1, 0.15) is 0 Å². The minimum Gasteiger partial charge on any atom is -0.469 e. The van der Waals surface area contributed by atoms with Crippen molar-refractivity contribution in [3.8, 4) is 0 Å². The van der Waals surface area contributed by atoms with Crippen molar-refractivity contribution in [2.75, 3.05) is 7.11 Å². The Kier molecular flexibility index (Phi) is 3.07. The zero-order valence-electron chi connectivity index (χ0n) is 8.12. The van der Waals surface area contributed by atoms with Gasteiger partial charge in [-0.25, -0.2) is 0 Å². The summed E-state index contributed by atoms with van der Waals surface area (Å²) in [6, 6.07) is 8.12. The molecule has 0 bridgehead atoms. The molecule has 0 aliphatic heterocycles. The standard InChI is InChI=1S/C11H9BrO2S/c1-14-11(13)6-9-4-7-2-3-8(12)5-10(7)15-9/h2-5H,6H2,1H3. The molecule has 78 valence electrons. The maximum Gasteiger partial charge on any atom is 0.310 e. The molecular formula is C11H9BrO2S. The first kappa shape index (κ1) is 10.6. The molecule has 1 aromatic heterocycles. The molecule has 0 saturated heterocycles. The average molecular weight is 285 g/mol. The first-order valence-electron chi connectivity index (χ1n) is 4.44. The van der Waals surface area contributed by atoms with Gasteiger partial charge in [0.2, 0.25) is 0 Å². The number of esters is 1. The molecule has 2 rings (SSSR count). The van der Waals surface area contributed by atoms with Gasteiger partial charge in [0.15, 0.2) is 0 Å². The number of fused-ring (bicyclic) bond motifs is 1. The van der Waals surface area contributed by atoms with E-state index >= 15 is 0 Å². The van der Waals surface area contributed by atoms with E-state index in [1.807, 2.05) is 18.2 Å². The third kappa shape index (κ3) is 2.38. The lowest BCUT2D eigenvalue weighted by Gasteiger charge is -1.93. The number of thiophene rings is 1. The van der Waals surface area contributed by atoms with Crippen LogP contribution in [0.4, 0.5) is 0 Å². The Hall–Kier alpha value is -0.870. The summed E-state index contributed by atoms with van der Waals surface area (Å²) in [6.45, 7) is 0. The van der Waals surface area contributed by atoms with Crippen molar-refractivity contribution in [1.82, 2.24) is 0 Å². The van der Waals surface area contributed by atoms with Crippen LogP contribution in [0.25, 0.3) is 10.1 Å². The molecule has 0 unspecified atom stereocenters. The summed E-state index contributed by atoms with van der Waals surface area (Å²) in [5.74, 6) is -0.194. The van der Waals surface area contributed by atoms with Crippen LogP contribution in [0.2, 0.25) is 0 Å². The summed E-state index contributed by atoms with van der Waals surface area (Å²) >= 11 is 5.05. The van der Waals surface area contributed by atoms with Crippen LogP contribution in [-0.4, -0.2) is 13.1 Å². The first-order valence-corrected chi connectivity index (χ1v) is 6.05. The highest BCUT2D eigenvalue weighted by molar-refractivity contribution is 9.10. The Balaban J connectivity index is 2.34. The molecule has 0 N–H and O–H groups in total. The van der Waals surface area contributed by atoms with Crippen molar-refractivity contribution in [3.63, 3.8) is 0 Å². The molecule has 2 aromatic rings. The van der Waals surface area contributed by atoms with Crippen molar-refractivity contribution in [2.45, 2.75) is 6.42 Å². The zero-order chi connectivity index (χ0) is 10.8. The molecular weight excluding hydrogens is 276 g/mol. The monoisotopic (exact) mass is 284 g/mol. The Morgan fingerprint density at radius 2 is 2.27 bits per heavy atom. The SMILES string of the molecule is COC(=O)Cc1cc2ccc(Br)cc2s1. The number of hydrogen-bond donors (Lipinski definition) is 0. The van der Waals surface area contributed by atoms with Crippen molar-refractivity contribution in [3.05, 3.63) is 33.6 Å². The van der Waals surface area contributed by atoms with Crippen LogP contribution in [0.15, 0.2) is 28.7 Å². The predicted octanol–water partition coefficient (Wildman–Crippen LogP) is 3.38. The average Bonchev–Trinajstić information content (AvgIpc) is 2.59. The fourth-order valence-electron chi connectivity index (χ4n) is 1.36. The highest BCUT2D eigenvalue weighted by atomic mass is 79.9. The number of ether oxygens (including phenoxy) is 1. The molecule has 1 heterocycles. The second kappa shape index (κ2) is 4.33. The minimum absolute atomic E-state index is 0.194. The molecule has 0 fully saturated rings. The van der Waals surface area contributed by atoms with Gasteiger partial charge in [-0.15, -0.1) is 11.3 Å². The van der Waals surface area contributed by atoms with Crippen LogP contribution in [0.5, 0.6) is 0 Å². The minimum atomic E-state index is -0.194. The summed E-state index contributed by atoms with van der Waals surface area (Å²) < 4.78 is 6.87. The molecule has 0 spiro atoms. The van der Waals surface area contributed by atoms with Gasteiger partial charge < -0.3 is 4.74 Å². The lowest BCUT2D eigenvalue weighted by atomic mass is 10.2. The van der Waals surface area contributed by atoms with Gasteiger partial charge in [0.05, 0.1) is 13.5 Å². The Labute approximate surface area is 100.0 Å². The van der Waals surface area contributed by atoms with E-state index in [-0.39, 0.29) is 5.97 Å². The molecule has 0 atom stereocenters. The molecule has 15 heavy (non-hydrogen) atoms. The lowest BCUT2D eigenvalue weighted by molar-refractivity contribution is -0.139. The van der Waals surface area contributed by atoms with E-state index in [2.05, 4.69) is 26.7 Å². The third-order valence-electron chi connectivity index (χ3n) is 2.08. The molecule has 2 nitrogen and oxygen atoms in total. The fourth-order valence-corrected chi connectivity index (χ4v) is 2.96. The van der Waals surface area contributed by atoms with Gasteiger partial charge in [0, 0.05) is 14.0 Å². The van der Waals surface area contributed by atoms with E-state index in [0.717, 1.165) is 9.35 Å². The third-order valence-corrected chi connectivity index (χ3v) is 3.67. The maximum atomic E-state index is 11.1. The fraction of sp³-hybridized carbons (Fsp3) is 0.182. The summed E-state index contributed by atoms with van der Waals surface area (Å²) in [5.41, 5.74) is 0. The van der Waals surface area contributed by atoms with E-state index in [1.165, 1.54) is 17.2 Å². The molecule has 4 heteroatoms. The smallest absolute Gasteiger partial charge is 0.310 e. The van der Waals surface area contributed by atoms with Gasteiger partial charge in [-0.3, -0.25) is 4.79 Å². The number of halogens is 1. The van der Waals surface area contributed by atoms with E-state index in [9.17, 15) is 4.79 Å². The van der Waals surface area contributed by atoms with Crippen molar-refractivity contribution in [2.24, 2.45) is 0 Å². The van der Waals surface area contributed by atoms with Gasteiger partial charge in [-0.05, 0) is 23.6 Å². The van der Waals surface area contributed by atoms with E-state index in [1.54, 1.807) is 11.3 Å². The first-order chi connectivity index (χ1) is 7.19. The zero-order valence-corrected chi connectivity index (χ0v) is 10.5. The number of carbonyl (C=O) groups is 1. The number of carbonyl (C=O) groups excluding carboxylic acids is 1. The summed E-state index contributed by atoms with van der Waals surface area (Å²) in [6.07, 6.45) is 0.355. The van der Waals surface area contributed by atoms with E-state index in [0.29, 0.717) is 6.42 Å². The van der Waals surface area contributed by atoms with Crippen LogP contribution in [-0.2, 0) is 16.0 Å². The topological polar surface area (TPSA) is 26.3 Å². The molecule has 0 aliphatic carbocycles. The molecule has 0 aliphatic rings. The molecule has 0 amide bonds. The van der Waals surface area contributed by atoms with Gasteiger partial charge in [-0.2, -0.15) is 0 Å². The molecule has 0 radical (unpaired) electrons. The second-order valence-electron chi connectivity index (χ2n) is 3.15. The Morgan fingerprint density at radius 3 is 3.00 bits per heavy atom. The normalized spacial score (nSPS) is 10.5. The van der Waals surface area contributed by atoms with Gasteiger partial charge in [0.25, 0.3) is 0 Å². The lowest BCUT2D eigenvalue weighted by Crippen LogP contribution is -2.02. The van der Waals surface area contributed by atoms with Crippen molar-refractivity contribution in [1.29, 1.82) is 0 Å². The second-order valence-corrected chi connectivity index (χ2v) is 5.23. The predicted molar refractivity (Wildman–Crippen MR) is 65.2 cm³/mol. The van der Waals surface area contributed by atoms with Gasteiger partial charge in [-0.1, -0.05) is 22.0 Å². The Morgan fingerprint density at radius 1 is 1.47 bits per heavy atom. The summed E-state index contributed by atoms with van der Waals surface area (Å²) in [5, 5.41) is 1.17. The highest BCUT2D eigenvalue weighted by Crippen LogP contribution is 2.28. The van der Waals surface area contributed by atoms with E-state index in [4.69, 9.17) is 0 Å². The van der Waals surface area contributed by atoms with Crippen molar-refractivity contribution < 1.29 is 9.53 Å². The van der Waals surface area contributed by atoms with Crippen LogP contribution in [0, 0.1) is 0 Å². The quantitative estimate of drug-likeness (QED) is 0.791. The number of benzene rings is 1. The summed E-state index contributed by atoms with van der Waals surface area (Å²) in [7, 11) is 1.41. The highest BCUT2D eigenvalue weighted by Gasteiger charge is 2.07. The van der Waals surface area contributed by atoms with Gasteiger partial charge >= 0.3 is 5.97 Å². The maximum absolute atomic E-state index is 11.1. The van der Waals surface area contributed by atoms with Crippen molar-refractivity contribution >= 4 is 43.3 Å². The molecule has 0 saturated carbocycles. The summed E-state index contributed by atoms with van der Waals surface area (Å²) in [4.78, 5) is 12.1.